The summed E-state index contributed by atoms with van der Waals surface area (Å²) in [6.45, 7) is 2.95. The molecular weight excluding hydrogens is 220 g/mol. The third-order valence-corrected chi connectivity index (χ3v) is 4.93. The molecule has 2 atom stereocenters. The zero-order chi connectivity index (χ0) is 11.4. The molecular formula is C13H22O2S. The quantitative estimate of drug-likeness (QED) is 0.758. The van der Waals surface area contributed by atoms with Crippen molar-refractivity contribution in [1.82, 2.24) is 0 Å². The monoisotopic (exact) mass is 242 g/mol. The van der Waals surface area contributed by atoms with Crippen LogP contribution in [0.25, 0.3) is 0 Å². The fourth-order valence-corrected chi connectivity index (χ4v) is 4.25. The molecule has 2 rings (SSSR count). The molecule has 92 valence electrons. The molecule has 16 heavy (non-hydrogen) atoms. The zero-order valence-electron chi connectivity index (χ0n) is 10.2. The van der Waals surface area contributed by atoms with Crippen LogP contribution in [-0.2, 0) is 9.53 Å². The zero-order valence-corrected chi connectivity index (χ0v) is 11.0. The van der Waals surface area contributed by atoms with E-state index in [-0.39, 0.29) is 5.60 Å². The summed E-state index contributed by atoms with van der Waals surface area (Å²) in [6.07, 6.45) is 5.94. The highest BCUT2D eigenvalue weighted by atomic mass is 32.2. The number of rotatable bonds is 4. The van der Waals surface area contributed by atoms with Crippen LogP contribution in [-0.4, -0.2) is 29.5 Å². The summed E-state index contributed by atoms with van der Waals surface area (Å²) in [5, 5.41) is 0. The van der Waals surface area contributed by atoms with Crippen molar-refractivity contribution in [2.45, 2.75) is 51.0 Å². The predicted octanol–water partition coefficient (Wildman–Crippen LogP) is 3.05. The van der Waals surface area contributed by atoms with Gasteiger partial charge >= 0.3 is 0 Å². The molecule has 0 aliphatic carbocycles. The Hall–Kier alpha value is -0.0200. The van der Waals surface area contributed by atoms with Crippen molar-refractivity contribution in [2.75, 3.05) is 18.1 Å². The Bertz CT molecular complexity index is 246. The van der Waals surface area contributed by atoms with Crippen LogP contribution in [0.2, 0.25) is 0 Å². The van der Waals surface area contributed by atoms with Crippen molar-refractivity contribution in [3.8, 4) is 0 Å². The lowest BCUT2D eigenvalue weighted by atomic mass is 9.82. The number of thioether (sulfide) groups is 1. The number of ketones is 1. The molecule has 0 saturated carbocycles. The highest BCUT2D eigenvalue weighted by Crippen LogP contribution is 2.41. The Morgan fingerprint density at radius 1 is 1.56 bits per heavy atom. The second-order valence-electron chi connectivity index (χ2n) is 5.19. The second-order valence-corrected chi connectivity index (χ2v) is 6.29. The van der Waals surface area contributed by atoms with Gasteiger partial charge in [0.05, 0.1) is 5.60 Å². The van der Waals surface area contributed by atoms with Gasteiger partial charge < -0.3 is 4.74 Å². The molecule has 2 saturated heterocycles. The third kappa shape index (κ3) is 3.01. The van der Waals surface area contributed by atoms with E-state index in [1.807, 2.05) is 11.8 Å². The highest BCUT2D eigenvalue weighted by Gasteiger charge is 2.40. The summed E-state index contributed by atoms with van der Waals surface area (Å²) in [7, 11) is 0. The first kappa shape index (κ1) is 12.4. The Kier molecular flexibility index (Phi) is 4.31. The fourth-order valence-electron chi connectivity index (χ4n) is 2.87. The van der Waals surface area contributed by atoms with E-state index in [2.05, 4.69) is 6.92 Å². The number of ether oxygens (including phenoxy) is 1. The predicted molar refractivity (Wildman–Crippen MR) is 67.9 cm³/mol. The third-order valence-electron chi connectivity index (χ3n) is 3.71. The average Bonchev–Trinajstić information content (AvgIpc) is 2.66. The maximum Gasteiger partial charge on any atom is 0.133 e. The summed E-state index contributed by atoms with van der Waals surface area (Å²) in [5.74, 6) is 3.42. The molecule has 0 amide bonds. The smallest absolute Gasteiger partial charge is 0.133 e. The molecule has 2 unspecified atom stereocenters. The van der Waals surface area contributed by atoms with Crippen LogP contribution < -0.4 is 0 Å². The number of carbonyl (C=O) groups is 1. The van der Waals surface area contributed by atoms with Gasteiger partial charge in [-0.05, 0) is 37.4 Å². The normalized spacial score (nSPS) is 34.4. The lowest BCUT2D eigenvalue weighted by molar-refractivity contribution is -0.123. The van der Waals surface area contributed by atoms with Crippen LogP contribution in [0.4, 0.5) is 0 Å². The first-order valence-corrected chi connectivity index (χ1v) is 7.63. The standard InChI is InChI=1S/C13H22O2S/c1-2-3-12(14)8-11-4-6-15-13(9-11)5-7-16-10-13/h11H,2-10H2,1H3. The van der Waals surface area contributed by atoms with Crippen molar-refractivity contribution < 1.29 is 9.53 Å². The van der Waals surface area contributed by atoms with Gasteiger partial charge in [0.15, 0.2) is 0 Å². The van der Waals surface area contributed by atoms with Crippen molar-refractivity contribution in [3.63, 3.8) is 0 Å². The van der Waals surface area contributed by atoms with E-state index in [4.69, 9.17) is 4.74 Å². The minimum Gasteiger partial charge on any atom is -0.374 e. The molecule has 2 fully saturated rings. The second kappa shape index (κ2) is 5.54. The maximum atomic E-state index is 11.7. The van der Waals surface area contributed by atoms with Crippen molar-refractivity contribution in [3.05, 3.63) is 0 Å². The first-order chi connectivity index (χ1) is 7.74. The lowest BCUT2D eigenvalue weighted by Crippen LogP contribution is -2.40. The molecule has 3 heteroatoms. The summed E-state index contributed by atoms with van der Waals surface area (Å²) in [6, 6.07) is 0. The van der Waals surface area contributed by atoms with Gasteiger partial charge in [0.25, 0.3) is 0 Å². The first-order valence-electron chi connectivity index (χ1n) is 6.47. The fraction of sp³-hybridized carbons (Fsp3) is 0.923. The van der Waals surface area contributed by atoms with Crippen molar-refractivity contribution in [2.24, 2.45) is 5.92 Å². The van der Waals surface area contributed by atoms with Gasteiger partial charge in [-0.3, -0.25) is 4.79 Å². The summed E-state index contributed by atoms with van der Waals surface area (Å²) < 4.78 is 5.97. The Morgan fingerprint density at radius 3 is 3.12 bits per heavy atom. The van der Waals surface area contributed by atoms with Gasteiger partial charge in [0.1, 0.15) is 5.78 Å². The number of hydrogen-bond donors (Lipinski definition) is 0. The van der Waals surface area contributed by atoms with E-state index < -0.39 is 0 Å². The SMILES string of the molecule is CCCC(=O)CC1CCOC2(CCSC2)C1. The van der Waals surface area contributed by atoms with Gasteiger partial charge in [-0.25, -0.2) is 0 Å². The molecule has 2 heterocycles. The van der Waals surface area contributed by atoms with Gasteiger partial charge in [0.2, 0.25) is 0 Å². The van der Waals surface area contributed by atoms with Crippen LogP contribution in [0, 0.1) is 5.92 Å². The van der Waals surface area contributed by atoms with Crippen LogP contribution in [0.3, 0.4) is 0 Å². The molecule has 0 bridgehead atoms. The Balaban J connectivity index is 1.84. The topological polar surface area (TPSA) is 26.3 Å². The summed E-state index contributed by atoms with van der Waals surface area (Å²) in [4.78, 5) is 11.7. The van der Waals surface area contributed by atoms with Crippen LogP contribution >= 0.6 is 11.8 Å². The van der Waals surface area contributed by atoms with Gasteiger partial charge in [-0.1, -0.05) is 6.92 Å². The highest BCUT2D eigenvalue weighted by molar-refractivity contribution is 7.99. The number of Topliss-reactive ketones (excluding diaryl/α,β-unsaturated/α-hetero) is 1. The molecule has 2 aliphatic heterocycles. The Labute approximate surface area is 103 Å². The van der Waals surface area contributed by atoms with E-state index in [1.165, 1.54) is 12.2 Å². The van der Waals surface area contributed by atoms with Gasteiger partial charge in [0, 0.05) is 25.2 Å². The molecule has 0 N–H and O–H groups in total. The van der Waals surface area contributed by atoms with Crippen molar-refractivity contribution in [1.29, 1.82) is 0 Å². The number of carbonyl (C=O) groups excluding carboxylic acids is 1. The summed E-state index contributed by atoms with van der Waals surface area (Å²) in [5.41, 5.74) is 0.139. The molecule has 0 radical (unpaired) electrons. The molecule has 2 aliphatic rings. The molecule has 0 aromatic heterocycles. The minimum atomic E-state index is 0.139. The molecule has 0 aromatic carbocycles. The van der Waals surface area contributed by atoms with Crippen LogP contribution in [0.5, 0.6) is 0 Å². The van der Waals surface area contributed by atoms with Crippen LogP contribution in [0.1, 0.15) is 45.4 Å². The molecule has 1 spiro atoms. The van der Waals surface area contributed by atoms with Crippen LogP contribution in [0.15, 0.2) is 0 Å². The minimum absolute atomic E-state index is 0.139. The van der Waals surface area contributed by atoms with Gasteiger partial charge in [-0.15, -0.1) is 0 Å². The van der Waals surface area contributed by atoms with Gasteiger partial charge in [-0.2, -0.15) is 11.8 Å². The number of hydrogen-bond acceptors (Lipinski definition) is 3. The van der Waals surface area contributed by atoms with Crippen molar-refractivity contribution >= 4 is 17.5 Å². The van der Waals surface area contributed by atoms with E-state index in [1.54, 1.807) is 0 Å². The summed E-state index contributed by atoms with van der Waals surface area (Å²) >= 11 is 2.00. The Morgan fingerprint density at radius 2 is 2.44 bits per heavy atom. The maximum absolute atomic E-state index is 11.7. The molecule has 2 nitrogen and oxygen atoms in total. The van der Waals surface area contributed by atoms with E-state index >= 15 is 0 Å². The average molecular weight is 242 g/mol. The van der Waals surface area contributed by atoms with E-state index in [0.29, 0.717) is 11.7 Å². The lowest BCUT2D eigenvalue weighted by Gasteiger charge is -2.37. The van der Waals surface area contributed by atoms with E-state index in [0.717, 1.165) is 44.5 Å². The molecule has 0 aromatic rings. The largest absolute Gasteiger partial charge is 0.374 e. The van der Waals surface area contributed by atoms with E-state index in [9.17, 15) is 4.79 Å².